The molecule has 11 heavy (non-hydrogen) atoms. The van der Waals surface area contributed by atoms with Gasteiger partial charge in [0.1, 0.15) is 0 Å². The first-order valence-corrected chi connectivity index (χ1v) is 4.27. The molecule has 0 bridgehead atoms. The van der Waals surface area contributed by atoms with Gasteiger partial charge in [-0.15, -0.1) is 11.6 Å². The predicted molar refractivity (Wildman–Crippen MR) is 46.9 cm³/mol. The second kappa shape index (κ2) is 3.26. The molecule has 0 atom stereocenters. The fourth-order valence-corrected chi connectivity index (χ4v) is 1.35. The Kier molecular flexibility index (Phi) is 2.55. The standard InChI is InChI=1S/C8H13ClN2/c1-6(2)8-7(4-9)5-11(3)10-8/h5-6H,4H2,1-3H3. The normalized spacial score (nSPS) is 11.0. The highest BCUT2D eigenvalue weighted by Crippen LogP contribution is 2.18. The highest BCUT2D eigenvalue weighted by molar-refractivity contribution is 6.17. The van der Waals surface area contributed by atoms with Crippen molar-refractivity contribution in [1.82, 2.24) is 9.78 Å². The van der Waals surface area contributed by atoms with Crippen molar-refractivity contribution < 1.29 is 0 Å². The van der Waals surface area contributed by atoms with Gasteiger partial charge in [-0.05, 0) is 5.92 Å². The second-order valence-corrected chi connectivity index (χ2v) is 3.27. The molecule has 0 amide bonds. The summed E-state index contributed by atoms with van der Waals surface area (Å²) in [5, 5.41) is 4.31. The first kappa shape index (κ1) is 8.60. The molecule has 0 N–H and O–H groups in total. The molecule has 0 spiro atoms. The van der Waals surface area contributed by atoms with Crippen LogP contribution in [0.1, 0.15) is 31.0 Å². The van der Waals surface area contributed by atoms with E-state index in [4.69, 9.17) is 11.6 Å². The summed E-state index contributed by atoms with van der Waals surface area (Å²) in [6.07, 6.45) is 1.97. The summed E-state index contributed by atoms with van der Waals surface area (Å²) in [5.41, 5.74) is 2.26. The Hall–Kier alpha value is -0.500. The summed E-state index contributed by atoms with van der Waals surface area (Å²) in [6, 6.07) is 0. The van der Waals surface area contributed by atoms with Crippen molar-refractivity contribution >= 4 is 11.6 Å². The van der Waals surface area contributed by atoms with Crippen LogP contribution >= 0.6 is 11.6 Å². The molecule has 1 heterocycles. The van der Waals surface area contributed by atoms with E-state index in [0.717, 1.165) is 11.3 Å². The molecule has 0 aliphatic carbocycles. The van der Waals surface area contributed by atoms with Crippen LogP contribution in [0.4, 0.5) is 0 Å². The van der Waals surface area contributed by atoms with Crippen molar-refractivity contribution in [3.05, 3.63) is 17.5 Å². The highest BCUT2D eigenvalue weighted by atomic mass is 35.5. The van der Waals surface area contributed by atoms with Gasteiger partial charge >= 0.3 is 0 Å². The molecular weight excluding hydrogens is 160 g/mol. The molecule has 0 saturated carbocycles. The lowest BCUT2D eigenvalue weighted by Crippen LogP contribution is -1.94. The number of halogens is 1. The zero-order valence-electron chi connectivity index (χ0n) is 7.13. The molecule has 0 aromatic carbocycles. The van der Waals surface area contributed by atoms with Crippen molar-refractivity contribution in [2.75, 3.05) is 0 Å². The average Bonchev–Trinajstić information content (AvgIpc) is 2.30. The van der Waals surface area contributed by atoms with Gasteiger partial charge in [0, 0.05) is 18.8 Å². The van der Waals surface area contributed by atoms with E-state index in [2.05, 4.69) is 18.9 Å². The summed E-state index contributed by atoms with van der Waals surface area (Å²) in [7, 11) is 1.92. The fourth-order valence-electron chi connectivity index (χ4n) is 1.14. The molecule has 3 heteroatoms. The SMILES string of the molecule is CC(C)c1nn(C)cc1CCl. The van der Waals surface area contributed by atoms with Gasteiger partial charge in [-0.1, -0.05) is 13.8 Å². The summed E-state index contributed by atoms with van der Waals surface area (Å²) < 4.78 is 1.81. The van der Waals surface area contributed by atoms with Crippen molar-refractivity contribution in [1.29, 1.82) is 0 Å². The van der Waals surface area contributed by atoms with Crippen molar-refractivity contribution in [3.63, 3.8) is 0 Å². The minimum Gasteiger partial charge on any atom is -0.275 e. The highest BCUT2D eigenvalue weighted by Gasteiger charge is 2.09. The third kappa shape index (κ3) is 1.74. The summed E-state index contributed by atoms with van der Waals surface area (Å²) in [4.78, 5) is 0. The van der Waals surface area contributed by atoms with Gasteiger partial charge < -0.3 is 0 Å². The van der Waals surface area contributed by atoms with Gasteiger partial charge in [-0.2, -0.15) is 5.10 Å². The minimum absolute atomic E-state index is 0.463. The summed E-state index contributed by atoms with van der Waals surface area (Å²) in [6.45, 7) is 4.25. The van der Waals surface area contributed by atoms with Crippen molar-refractivity contribution in [2.45, 2.75) is 25.6 Å². The molecule has 1 aromatic heterocycles. The van der Waals surface area contributed by atoms with Crippen LogP contribution in [-0.2, 0) is 12.9 Å². The Bertz CT molecular complexity index is 240. The first-order valence-electron chi connectivity index (χ1n) is 3.73. The van der Waals surface area contributed by atoms with E-state index in [0.29, 0.717) is 11.8 Å². The quantitative estimate of drug-likeness (QED) is 0.626. The fraction of sp³-hybridized carbons (Fsp3) is 0.625. The Morgan fingerprint density at radius 2 is 2.27 bits per heavy atom. The third-order valence-electron chi connectivity index (χ3n) is 1.63. The van der Waals surface area contributed by atoms with E-state index in [9.17, 15) is 0 Å². The smallest absolute Gasteiger partial charge is 0.0693 e. The Morgan fingerprint density at radius 3 is 2.64 bits per heavy atom. The zero-order valence-corrected chi connectivity index (χ0v) is 7.89. The number of nitrogens with zero attached hydrogens (tertiary/aromatic N) is 2. The van der Waals surface area contributed by atoms with Gasteiger partial charge in [-0.3, -0.25) is 4.68 Å². The molecule has 2 nitrogen and oxygen atoms in total. The number of aryl methyl sites for hydroxylation is 1. The molecule has 0 unspecified atom stereocenters. The summed E-state index contributed by atoms with van der Waals surface area (Å²) in [5.74, 6) is 1.02. The Labute approximate surface area is 72.2 Å². The number of hydrogen-bond acceptors (Lipinski definition) is 1. The molecule has 0 saturated heterocycles. The lowest BCUT2D eigenvalue weighted by Gasteiger charge is -2.00. The largest absolute Gasteiger partial charge is 0.275 e. The molecule has 0 radical (unpaired) electrons. The van der Waals surface area contributed by atoms with Gasteiger partial charge in [-0.25, -0.2) is 0 Å². The van der Waals surface area contributed by atoms with Gasteiger partial charge in [0.15, 0.2) is 0 Å². The minimum atomic E-state index is 0.463. The van der Waals surface area contributed by atoms with E-state index in [-0.39, 0.29) is 0 Å². The first-order chi connectivity index (χ1) is 5.15. The molecule has 0 aliphatic rings. The topological polar surface area (TPSA) is 17.8 Å². The van der Waals surface area contributed by atoms with Gasteiger partial charge in [0.2, 0.25) is 0 Å². The van der Waals surface area contributed by atoms with E-state index in [1.807, 2.05) is 17.9 Å². The second-order valence-electron chi connectivity index (χ2n) is 3.00. The van der Waals surface area contributed by atoms with Crippen molar-refractivity contribution in [2.24, 2.45) is 7.05 Å². The van der Waals surface area contributed by atoms with E-state index >= 15 is 0 Å². The molecule has 1 rings (SSSR count). The van der Waals surface area contributed by atoms with Gasteiger partial charge in [0.25, 0.3) is 0 Å². The van der Waals surface area contributed by atoms with Crippen LogP contribution in [0.25, 0.3) is 0 Å². The Balaban J connectivity index is 3.02. The van der Waals surface area contributed by atoms with Crippen LogP contribution in [-0.4, -0.2) is 9.78 Å². The molecule has 0 fully saturated rings. The third-order valence-corrected chi connectivity index (χ3v) is 1.92. The number of alkyl halides is 1. The van der Waals surface area contributed by atoms with E-state index < -0.39 is 0 Å². The maximum atomic E-state index is 5.74. The predicted octanol–water partition coefficient (Wildman–Crippen LogP) is 2.28. The maximum Gasteiger partial charge on any atom is 0.0693 e. The lowest BCUT2D eigenvalue weighted by atomic mass is 10.1. The van der Waals surface area contributed by atoms with Crippen LogP contribution in [0.5, 0.6) is 0 Å². The monoisotopic (exact) mass is 172 g/mol. The Morgan fingerprint density at radius 1 is 1.64 bits per heavy atom. The van der Waals surface area contributed by atoms with Crippen LogP contribution < -0.4 is 0 Å². The average molecular weight is 173 g/mol. The van der Waals surface area contributed by atoms with Gasteiger partial charge in [0.05, 0.1) is 11.6 Å². The van der Waals surface area contributed by atoms with Crippen molar-refractivity contribution in [3.8, 4) is 0 Å². The maximum absolute atomic E-state index is 5.74. The summed E-state index contributed by atoms with van der Waals surface area (Å²) >= 11 is 5.74. The number of aromatic nitrogens is 2. The number of rotatable bonds is 2. The number of hydrogen-bond donors (Lipinski definition) is 0. The zero-order chi connectivity index (χ0) is 8.43. The molecular formula is C8H13ClN2. The van der Waals surface area contributed by atoms with Crippen LogP contribution in [0.3, 0.4) is 0 Å². The molecule has 62 valence electrons. The van der Waals surface area contributed by atoms with E-state index in [1.165, 1.54) is 0 Å². The lowest BCUT2D eigenvalue weighted by molar-refractivity contribution is 0.712. The van der Waals surface area contributed by atoms with Crippen LogP contribution in [0, 0.1) is 0 Å². The molecule has 1 aromatic rings. The van der Waals surface area contributed by atoms with E-state index in [1.54, 1.807) is 0 Å². The van der Waals surface area contributed by atoms with Crippen LogP contribution in [0.15, 0.2) is 6.20 Å². The van der Waals surface area contributed by atoms with Crippen LogP contribution in [0.2, 0.25) is 0 Å². The molecule has 0 aliphatic heterocycles.